The minimum absolute atomic E-state index is 0.221. The topological polar surface area (TPSA) is 88.1 Å². The van der Waals surface area contributed by atoms with Crippen LogP contribution in [-0.2, 0) is 21.1 Å². The maximum absolute atomic E-state index is 11.9. The van der Waals surface area contributed by atoms with E-state index in [2.05, 4.69) is 70.3 Å². The summed E-state index contributed by atoms with van der Waals surface area (Å²) in [4.78, 5) is 2.68. The molecule has 1 saturated carbocycles. The highest BCUT2D eigenvalue weighted by atomic mass is 32.2. The van der Waals surface area contributed by atoms with Gasteiger partial charge in [0, 0.05) is 42.5 Å². The van der Waals surface area contributed by atoms with Crippen LogP contribution < -0.4 is 20.3 Å². The van der Waals surface area contributed by atoms with E-state index in [0.29, 0.717) is 30.1 Å². The molecule has 2 fully saturated rings. The molecular formula is C30H38N4O4S. The Kier molecular flexibility index (Phi) is 8.08. The summed E-state index contributed by atoms with van der Waals surface area (Å²) in [5.41, 5.74) is 4.08. The number of rotatable bonds is 9. The average Bonchev–Trinajstić information content (AvgIpc) is 3.70. The van der Waals surface area contributed by atoms with Crippen LogP contribution in [0.15, 0.2) is 47.4 Å². The van der Waals surface area contributed by atoms with E-state index in [0.717, 1.165) is 18.8 Å². The first kappa shape index (κ1) is 27.4. The molecule has 1 aliphatic heterocycles. The third-order valence-electron chi connectivity index (χ3n) is 7.93. The zero-order valence-electron chi connectivity index (χ0n) is 23.2. The van der Waals surface area contributed by atoms with Crippen LogP contribution in [0.4, 0.5) is 11.4 Å². The lowest BCUT2D eigenvalue weighted by atomic mass is 9.90. The fraction of sp³-hybridized carbons (Fsp3) is 0.467. The molecule has 5 rings (SSSR count). The molecule has 0 amide bonds. The highest BCUT2D eigenvalue weighted by Crippen LogP contribution is 2.34. The van der Waals surface area contributed by atoms with Gasteiger partial charge in [-0.25, -0.2) is 8.42 Å². The Labute approximate surface area is 231 Å². The van der Waals surface area contributed by atoms with Crippen molar-refractivity contribution >= 4 is 32.1 Å². The number of hydrogen-bond acceptors (Lipinski definition) is 7. The molecule has 1 aromatic heterocycles. The molecule has 0 radical (unpaired) electrons. The summed E-state index contributed by atoms with van der Waals surface area (Å²) in [7, 11) is 2.49. The van der Waals surface area contributed by atoms with Gasteiger partial charge < -0.3 is 29.6 Å². The molecule has 2 N–H and O–H groups in total. The number of nitrogens with zero attached hydrogens (tertiary/aromatic N) is 2. The lowest BCUT2D eigenvalue weighted by Crippen LogP contribution is -2.39. The van der Waals surface area contributed by atoms with Gasteiger partial charge in [-0.1, -0.05) is 12.0 Å². The third-order valence-corrected chi connectivity index (χ3v) is 9.04. The zero-order chi connectivity index (χ0) is 27.6. The van der Waals surface area contributed by atoms with Crippen LogP contribution in [0.1, 0.15) is 31.4 Å². The predicted octanol–water partition coefficient (Wildman–Crippen LogP) is 3.88. The lowest BCUT2D eigenvalue weighted by Gasteiger charge is -2.36. The van der Waals surface area contributed by atoms with Crippen molar-refractivity contribution in [1.29, 1.82) is 0 Å². The van der Waals surface area contributed by atoms with Gasteiger partial charge in [0.1, 0.15) is 5.75 Å². The largest absolute Gasteiger partial charge is 0.495 e. The molecule has 1 aliphatic carbocycles. The molecule has 0 spiro atoms. The number of hydrogen-bond donors (Lipinski definition) is 2. The van der Waals surface area contributed by atoms with Crippen molar-refractivity contribution in [3.63, 3.8) is 0 Å². The standard InChI is InChI=1S/C30H38N4O4S/c1-31-21-10-12-22(13-11-21)33(2)28-8-5-9-29-26(28)17-23(34(29)19-24-20-38-24)7-6-16-32-27-15-14-25(39(4,35)36)18-30(27)37-3/h5,8-9,14-15,17-18,21-22,24,31-32H,10-13,16,19-20H2,1-4H3. The molecule has 1 unspecified atom stereocenters. The van der Waals surface area contributed by atoms with E-state index >= 15 is 0 Å². The Hall–Kier alpha value is -3.19. The number of benzene rings is 2. The van der Waals surface area contributed by atoms with Crippen molar-refractivity contribution in [2.24, 2.45) is 0 Å². The molecule has 2 heterocycles. The summed E-state index contributed by atoms with van der Waals surface area (Å²) >= 11 is 0. The average molecular weight is 551 g/mol. The third kappa shape index (κ3) is 6.19. The highest BCUT2D eigenvalue weighted by Gasteiger charge is 2.27. The van der Waals surface area contributed by atoms with E-state index in [9.17, 15) is 8.42 Å². The molecule has 208 valence electrons. The molecule has 0 bridgehead atoms. The van der Waals surface area contributed by atoms with Crippen LogP contribution in [-0.4, -0.2) is 71.8 Å². The van der Waals surface area contributed by atoms with E-state index in [-0.39, 0.29) is 11.0 Å². The quantitative estimate of drug-likeness (QED) is 0.309. The molecule has 3 aromatic rings. The first-order valence-electron chi connectivity index (χ1n) is 13.5. The van der Waals surface area contributed by atoms with Gasteiger partial charge in [0.2, 0.25) is 0 Å². The molecule has 1 saturated heterocycles. The molecular weight excluding hydrogens is 512 g/mol. The zero-order valence-corrected chi connectivity index (χ0v) is 24.0. The smallest absolute Gasteiger partial charge is 0.175 e. The van der Waals surface area contributed by atoms with E-state index < -0.39 is 9.84 Å². The second kappa shape index (κ2) is 11.5. The monoisotopic (exact) mass is 550 g/mol. The van der Waals surface area contributed by atoms with Gasteiger partial charge in [-0.05, 0) is 69.0 Å². The van der Waals surface area contributed by atoms with Crippen LogP contribution in [0.2, 0.25) is 0 Å². The molecule has 8 nitrogen and oxygen atoms in total. The molecule has 39 heavy (non-hydrogen) atoms. The van der Waals surface area contributed by atoms with Gasteiger partial charge >= 0.3 is 0 Å². The Morgan fingerprint density at radius 2 is 1.92 bits per heavy atom. The molecule has 2 aromatic carbocycles. The van der Waals surface area contributed by atoms with Crippen molar-refractivity contribution in [3.8, 4) is 17.6 Å². The maximum Gasteiger partial charge on any atom is 0.175 e. The normalized spacial score (nSPS) is 20.8. The number of sulfone groups is 1. The van der Waals surface area contributed by atoms with Crippen molar-refractivity contribution < 1.29 is 17.9 Å². The number of nitrogens with one attached hydrogen (secondary N) is 2. The summed E-state index contributed by atoms with van der Waals surface area (Å²) in [6.07, 6.45) is 6.18. The van der Waals surface area contributed by atoms with Gasteiger partial charge in [-0.2, -0.15) is 0 Å². The number of ether oxygens (including phenoxy) is 2. The van der Waals surface area contributed by atoms with Gasteiger partial charge in [0.25, 0.3) is 0 Å². The van der Waals surface area contributed by atoms with Crippen LogP contribution in [0.25, 0.3) is 10.9 Å². The highest BCUT2D eigenvalue weighted by molar-refractivity contribution is 7.90. The number of methoxy groups -OCH3 is 1. The number of aromatic nitrogens is 1. The fourth-order valence-electron chi connectivity index (χ4n) is 5.52. The maximum atomic E-state index is 11.9. The first-order chi connectivity index (χ1) is 18.8. The van der Waals surface area contributed by atoms with Gasteiger partial charge in [0.15, 0.2) is 9.84 Å². The summed E-state index contributed by atoms with van der Waals surface area (Å²) in [5, 5.41) is 7.91. The van der Waals surface area contributed by atoms with Gasteiger partial charge in [-0.15, -0.1) is 0 Å². The fourth-order valence-corrected chi connectivity index (χ4v) is 6.16. The Bertz CT molecular complexity index is 1490. The van der Waals surface area contributed by atoms with E-state index in [4.69, 9.17) is 9.47 Å². The molecule has 1 atom stereocenters. The number of fused-ring (bicyclic) bond motifs is 1. The van der Waals surface area contributed by atoms with Crippen LogP contribution in [0.5, 0.6) is 5.75 Å². The summed E-state index contributed by atoms with van der Waals surface area (Å²) in [6, 6.07) is 14.7. The van der Waals surface area contributed by atoms with Crippen LogP contribution in [0.3, 0.4) is 0 Å². The first-order valence-corrected chi connectivity index (χ1v) is 15.4. The number of epoxide rings is 1. The van der Waals surface area contributed by atoms with E-state index in [1.807, 2.05) is 0 Å². The van der Waals surface area contributed by atoms with Crippen molar-refractivity contribution in [2.75, 3.05) is 50.8 Å². The van der Waals surface area contributed by atoms with Crippen molar-refractivity contribution in [3.05, 3.63) is 48.2 Å². The summed E-state index contributed by atoms with van der Waals surface area (Å²) in [5.74, 6) is 7.09. The van der Waals surface area contributed by atoms with E-state index in [1.165, 1.54) is 61.7 Å². The summed E-state index contributed by atoms with van der Waals surface area (Å²) < 4.78 is 37.0. The van der Waals surface area contributed by atoms with Gasteiger partial charge in [0.05, 0.1) is 54.7 Å². The molecule has 2 aliphatic rings. The minimum atomic E-state index is -3.31. The van der Waals surface area contributed by atoms with Crippen LogP contribution in [0, 0.1) is 11.8 Å². The van der Waals surface area contributed by atoms with Gasteiger partial charge in [-0.3, -0.25) is 0 Å². The van der Waals surface area contributed by atoms with Crippen molar-refractivity contribution in [2.45, 2.75) is 55.3 Å². The molecule has 9 heteroatoms. The number of anilines is 2. The van der Waals surface area contributed by atoms with Crippen molar-refractivity contribution in [1.82, 2.24) is 9.88 Å². The summed E-state index contributed by atoms with van der Waals surface area (Å²) in [6.45, 7) is 1.95. The second-order valence-corrected chi connectivity index (χ2v) is 12.5. The Morgan fingerprint density at radius 3 is 2.59 bits per heavy atom. The van der Waals surface area contributed by atoms with E-state index in [1.54, 1.807) is 12.1 Å². The lowest BCUT2D eigenvalue weighted by molar-refractivity contribution is 0.351. The Morgan fingerprint density at radius 1 is 1.15 bits per heavy atom. The predicted molar refractivity (Wildman–Crippen MR) is 157 cm³/mol. The Balaban J connectivity index is 1.38. The second-order valence-electron chi connectivity index (χ2n) is 10.5. The minimum Gasteiger partial charge on any atom is -0.495 e. The SMILES string of the molecule is CNC1CCC(N(C)c2cccc3c2cc(C#CCNc2ccc(S(C)(=O)=O)cc2OC)n3CC2CO2)CC1. The van der Waals surface area contributed by atoms with Crippen LogP contribution >= 0.6 is 0 Å².